The summed E-state index contributed by atoms with van der Waals surface area (Å²) in [5, 5.41) is 10.9. The number of benzene rings is 1. The normalized spacial score (nSPS) is 20.9. The molecule has 5 rings (SSSR count). The summed E-state index contributed by atoms with van der Waals surface area (Å²) < 4.78 is 55.6. The molecule has 212 valence electrons. The third-order valence-corrected chi connectivity index (χ3v) is 7.08. The largest absolute Gasteiger partial charge is 0.342 e. The van der Waals surface area contributed by atoms with Gasteiger partial charge in [0.15, 0.2) is 5.82 Å². The van der Waals surface area contributed by atoms with E-state index in [0.717, 1.165) is 9.70 Å². The number of likely N-dealkylation sites (tertiary alicyclic amines) is 1. The standard InChI is InChI=1S/C27H29F4N7O2/c1-16(2)19-8-9-20(33-25(19)29)24(17-6-4-3-5-7-17)34-26(40)21-10-18(28)12-37(21)23(39)13-38-32-11-22(35-38)36-14-27(30,31)15-36/h3-9,11,16,18,21,24H,10,12-15H2,1-2H3,(H,34,40). The van der Waals surface area contributed by atoms with Gasteiger partial charge in [0.1, 0.15) is 18.8 Å². The molecule has 40 heavy (non-hydrogen) atoms. The van der Waals surface area contributed by atoms with Crippen molar-refractivity contribution in [2.75, 3.05) is 24.5 Å². The maximum absolute atomic E-state index is 14.8. The van der Waals surface area contributed by atoms with Crippen LogP contribution in [0.2, 0.25) is 0 Å². The molecule has 0 bridgehead atoms. The van der Waals surface area contributed by atoms with Gasteiger partial charge in [0.25, 0.3) is 5.92 Å². The first-order valence-corrected chi connectivity index (χ1v) is 13.0. The van der Waals surface area contributed by atoms with Crippen LogP contribution >= 0.6 is 0 Å². The molecule has 4 heterocycles. The fraction of sp³-hybridized carbons (Fsp3) is 0.444. The molecule has 0 spiro atoms. The minimum atomic E-state index is -2.79. The fourth-order valence-electron chi connectivity index (χ4n) is 4.97. The number of hydrogen-bond donors (Lipinski definition) is 1. The number of anilines is 1. The zero-order valence-electron chi connectivity index (χ0n) is 22.0. The molecule has 0 radical (unpaired) electrons. The van der Waals surface area contributed by atoms with E-state index >= 15 is 0 Å². The number of rotatable bonds is 8. The van der Waals surface area contributed by atoms with Crippen molar-refractivity contribution in [3.63, 3.8) is 0 Å². The van der Waals surface area contributed by atoms with Crippen LogP contribution in [0.4, 0.5) is 23.4 Å². The van der Waals surface area contributed by atoms with E-state index in [1.165, 1.54) is 11.1 Å². The SMILES string of the molecule is CC(C)c1ccc(C(NC(=O)C2CC(F)CN2C(=O)Cn2ncc(N3CC(F)(F)C3)n2)c2ccccc2)nc1F. The summed E-state index contributed by atoms with van der Waals surface area (Å²) >= 11 is 0. The van der Waals surface area contributed by atoms with Crippen LogP contribution in [0.5, 0.6) is 0 Å². The topological polar surface area (TPSA) is 96.2 Å². The van der Waals surface area contributed by atoms with Gasteiger partial charge in [-0.2, -0.15) is 14.3 Å². The van der Waals surface area contributed by atoms with Crippen LogP contribution in [-0.4, -0.2) is 74.5 Å². The van der Waals surface area contributed by atoms with Gasteiger partial charge in [0, 0.05) is 12.0 Å². The monoisotopic (exact) mass is 559 g/mol. The Morgan fingerprint density at radius 3 is 2.50 bits per heavy atom. The number of halogens is 4. The smallest absolute Gasteiger partial charge is 0.282 e. The summed E-state index contributed by atoms with van der Waals surface area (Å²) in [5.74, 6) is -4.53. The third kappa shape index (κ3) is 5.77. The Morgan fingerprint density at radius 1 is 1.12 bits per heavy atom. The molecule has 3 atom stereocenters. The van der Waals surface area contributed by atoms with E-state index in [2.05, 4.69) is 20.5 Å². The van der Waals surface area contributed by atoms with Gasteiger partial charge in [0.05, 0.1) is 37.6 Å². The zero-order chi connectivity index (χ0) is 28.6. The van der Waals surface area contributed by atoms with Gasteiger partial charge >= 0.3 is 0 Å². The Kier molecular flexibility index (Phi) is 7.47. The van der Waals surface area contributed by atoms with E-state index in [9.17, 15) is 27.2 Å². The van der Waals surface area contributed by atoms with Crippen LogP contribution < -0.4 is 10.2 Å². The van der Waals surface area contributed by atoms with E-state index in [1.54, 1.807) is 42.5 Å². The van der Waals surface area contributed by atoms with Crippen LogP contribution in [0.3, 0.4) is 0 Å². The Morgan fingerprint density at radius 2 is 1.85 bits per heavy atom. The van der Waals surface area contributed by atoms with Crippen molar-refractivity contribution >= 4 is 17.6 Å². The highest BCUT2D eigenvalue weighted by atomic mass is 19.3. The van der Waals surface area contributed by atoms with Crippen molar-refractivity contribution < 1.29 is 27.2 Å². The maximum Gasteiger partial charge on any atom is 0.282 e. The lowest BCUT2D eigenvalue weighted by Gasteiger charge is -2.38. The molecule has 2 saturated heterocycles. The van der Waals surface area contributed by atoms with Crippen LogP contribution in [0, 0.1) is 5.95 Å². The maximum atomic E-state index is 14.8. The number of hydrogen-bond acceptors (Lipinski definition) is 6. The first-order chi connectivity index (χ1) is 19.0. The van der Waals surface area contributed by atoms with Crippen molar-refractivity contribution in [1.29, 1.82) is 0 Å². The molecule has 9 nitrogen and oxygen atoms in total. The summed E-state index contributed by atoms with van der Waals surface area (Å²) in [6.07, 6.45) is -0.371. The minimum Gasteiger partial charge on any atom is -0.342 e. The van der Waals surface area contributed by atoms with Gasteiger partial charge in [-0.15, -0.1) is 5.10 Å². The molecule has 2 amide bonds. The number of carbonyl (C=O) groups excluding carboxylic acids is 2. The van der Waals surface area contributed by atoms with E-state index < -0.39 is 61.6 Å². The average molecular weight is 560 g/mol. The number of aromatic nitrogens is 4. The van der Waals surface area contributed by atoms with E-state index in [1.807, 2.05) is 13.8 Å². The summed E-state index contributed by atoms with van der Waals surface area (Å²) in [4.78, 5) is 34.2. The fourth-order valence-corrected chi connectivity index (χ4v) is 4.97. The second-order valence-corrected chi connectivity index (χ2v) is 10.5. The van der Waals surface area contributed by atoms with Gasteiger partial charge in [-0.05, 0) is 17.5 Å². The molecule has 0 aliphatic carbocycles. The molecule has 1 aromatic carbocycles. The highest BCUT2D eigenvalue weighted by molar-refractivity contribution is 5.88. The minimum absolute atomic E-state index is 0.0851. The van der Waals surface area contributed by atoms with E-state index in [4.69, 9.17) is 0 Å². The molecule has 2 aliphatic heterocycles. The molecule has 2 aromatic heterocycles. The number of nitrogens with zero attached hydrogens (tertiary/aromatic N) is 6. The van der Waals surface area contributed by atoms with E-state index in [-0.39, 0.29) is 30.4 Å². The van der Waals surface area contributed by atoms with Crippen LogP contribution in [0.15, 0.2) is 48.7 Å². The van der Waals surface area contributed by atoms with Gasteiger partial charge in [-0.1, -0.05) is 50.2 Å². The number of nitrogens with one attached hydrogen (secondary N) is 1. The summed E-state index contributed by atoms with van der Waals surface area (Å²) in [5.41, 5.74) is 1.34. The Hall–Kier alpha value is -4.03. The third-order valence-electron chi connectivity index (χ3n) is 7.08. The molecule has 2 fully saturated rings. The number of carbonyl (C=O) groups is 2. The quantitative estimate of drug-likeness (QED) is 0.336. The lowest BCUT2D eigenvalue weighted by molar-refractivity contribution is -0.139. The second-order valence-electron chi connectivity index (χ2n) is 10.5. The highest BCUT2D eigenvalue weighted by Crippen LogP contribution is 2.30. The Balaban J connectivity index is 1.32. The highest BCUT2D eigenvalue weighted by Gasteiger charge is 2.45. The van der Waals surface area contributed by atoms with Crippen LogP contribution in [-0.2, 0) is 16.1 Å². The van der Waals surface area contributed by atoms with Gasteiger partial charge in [-0.3, -0.25) is 9.59 Å². The molecule has 13 heteroatoms. The van der Waals surface area contributed by atoms with Crippen molar-refractivity contribution in [3.8, 4) is 0 Å². The first-order valence-electron chi connectivity index (χ1n) is 13.0. The molecule has 0 saturated carbocycles. The predicted octanol–water partition coefficient (Wildman–Crippen LogP) is 3.24. The van der Waals surface area contributed by atoms with Crippen LogP contribution in [0.25, 0.3) is 0 Å². The summed E-state index contributed by atoms with van der Waals surface area (Å²) in [6, 6.07) is 10.1. The van der Waals surface area contributed by atoms with Crippen LogP contribution in [0.1, 0.15) is 49.0 Å². The van der Waals surface area contributed by atoms with Crippen molar-refractivity contribution in [3.05, 3.63) is 71.4 Å². The molecule has 3 unspecified atom stereocenters. The number of amides is 2. The van der Waals surface area contributed by atoms with E-state index in [0.29, 0.717) is 11.1 Å². The van der Waals surface area contributed by atoms with Gasteiger partial charge < -0.3 is 15.1 Å². The summed E-state index contributed by atoms with van der Waals surface area (Å²) in [6.45, 7) is 2.02. The number of alkyl halides is 3. The lowest BCUT2D eigenvalue weighted by Crippen LogP contribution is -2.56. The second kappa shape index (κ2) is 10.9. The Bertz CT molecular complexity index is 1380. The zero-order valence-corrected chi connectivity index (χ0v) is 22.0. The number of pyridine rings is 1. The predicted molar refractivity (Wildman–Crippen MR) is 137 cm³/mol. The molecule has 2 aliphatic rings. The first kappa shape index (κ1) is 27.5. The average Bonchev–Trinajstić information content (AvgIpc) is 3.52. The molecular weight excluding hydrogens is 530 g/mol. The van der Waals surface area contributed by atoms with Gasteiger partial charge in [0.2, 0.25) is 17.8 Å². The van der Waals surface area contributed by atoms with Crippen molar-refractivity contribution in [1.82, 2.24) is 30.2 Å². The lowest BCUT2D eigenvalue weighted by atomic mass is 9.99. The van der Waals surface area contributed by atoms with Crippen molar-refractivity contribution in [2.45, 2.75) is 56.9 Å². The molecule has 3 aromatic rings. The summed E-state index contributed by atoms with van der Waals surface area (Å²) in [7, 11) is 0. The molecular formula is C27H29F4N7O2. The van der Waals surface area contributed by atoms with Gasteiger partial charge in [-0.25, -0.2) is 18.2 Å². The van der Waals surface area contributed by atoms with Crippen molar-refractivity contribution in [2.24, 2.45) is 0 Å². The molecule has 1 N–H and O–H groups in total. The Labute approximate surface area is 228 Å².